The molecule has 0 aliphatic carbocycles. The van der Waals surface area contributed by atoms with E-state index in [4.69, 9.17) is 4.74 Å². The van der Waals surface area contributed by atoms with Gasteiger partial charge in [-0.25, -0.2) is 8.42 Å². The third-order valence-corrected chi connectivity index (χ3v) is 7.08. The highest BCUT2D eigenvalue weighted by Crippen LogP contribution is 2.48. The van der Waals surface area contributed by atoms with Gasteiger partial charge in [-0.05, 0) is 42.0 Å². The summed E-state index contributed by atoms with van der Waals surface area (Å²) >= 11 is 0. The topological polar surface area (TPSA) is 65.1 Å². The Bertz CT molecular complexity index is 1390. The molecule has 0 aromatic heterocycles. The second kappa shape index (κ2) is 7.49. The smallest absolute Gasteiger partial charge is 0.489 e. The van der Waals surface area contributed by atoms with Crippen LogP contribution < -0.4 is 18.5 Å². The van der Waals surface area contributed by atoms with Crippen LogP contribution in [0.2, 0.25) is 0 Å². The molecule has 0 spiro atoms. The van der Waals surface area contributed by atoms with Crippen molar-refractivity contribution < 1.29 is 44.6 Å². The Hall–Kier alpha value is -3.54. The molecule has 0 atom stereocenters. The van der Waals surface area contributed by atoms with Gasteiger partial charge in [-0.2, -0.15) is 13.2 Å². The zero-order chi connectivity index (χ0) is 24.3. The minimum absolute atomic E-state index is 0.0333. The number of rotatable bonds is 3. The van der Waals surface area contributed by atoms with E-state index in [2.05, 4.69) is 9.47 Å². The fraction of sp³-hybridized carbons (Fsp3) is 0.182. The van der Waals surface area contributed by atoms with Gasteiger partial charge in [0.2, 0.25) is 0 Å². The molecule has 0 saturated carbocycles. The van der Waals surface area contributed by atoms with Gasteiger partial charge < -0.3 is 14.2 Å². The molecule has 178 valence electrons. The van der Waals surface area contributed by atoms with Crippen molar-refractivity contribution >= 4 is 15.7 Å². The van der Waals surface area contributed by atoms with Crippen molar-refractivity contribution in [1.29, 1.82) is 0 Å². The van der Waals surface area contributed by atoms with Crippen LogP contribution in [0.3, 0.4) is 0 Å². The summed E-state index contributed by atoms with van der Waals surface area (Å²) in [5.41, 5.74) is -0.538. The number of sulfonamides is 1. The Morgan fingerprint density at radius 3 is 2.44 bits per heavy atom. The number of hydrogen-bond acceptors (Lipinski definition) is 5. The van der Waals surface area contributed by atoms with Gasteiger partial charge >= 0.3 is 12.5 Å². The molecule has 2 aliphatic rings. The molecule has 0 amide bonds. The molecule has 2 heterocycles. The lowest BCUT2D eigenvalue weighted by Gasteiger charge is -2.31. The summed E-state index contributed by atoms with van der Waals surface area (Å²) < 4.78 is 109. The molecular weight excluding hydrogens is 485 g/mol. The van der Waals surface area contributed by atoms with Crippen LogP contribution in [0.25, 0.3) is 11.1 Å². The molecule has 0 N–H and O–H groups in total. The third-order valence-electron chi connectivity index (χ3n) is 5.27. The molecule has 0 saturated heterocycles. The SMILES string of the molecule is O=S(=O)(c1cccc(C(F)(F)F)c1)N1CCOc2ccc(-c3cccc4c3OC(F)(F)O4)cc21. The normalized spacial score (nSPS) is 16.7. The molecule has 34 heavy (non-hydrogen) atoms. The van der Waals surface area contributed by atoms with Gasteiger partial charge in [0.15, 0.2) is 11.5 Å². The van der Waals surface area contributed by atoms with Crippen molar-refractivity contribution in [3.63, 3.8) is 0 Å². The zero-order valence-corrected chi connectivity index (χ0v) is 17.8. The summed E-state index contributed by atoms with van der Waals surface area (Å²) in [6.07, 6.45) is -8.58. The molecule has 0 radical (unpaired) electrons. The van der Waals surface area contributed by atoms with E-state index in [0.717, 1.165) is 22.5 Å². The summed E-state index contributed by atoms with van der Waals surface area (Å²) in [5, 5.41) is 0. The maximum absolute atomic E-state index is 13.6. The molecule has 0 fully saturated rings. The number of fused-ring (bicyclic) bond motifs is 2. The lowest BCUT2D eigenvalue weighted by Crippen LogP contribution is -2.38. The second-order valence-electron chi connectivity index (χ2n) is 7.43. The average molecular weight is 499 g/mol. The molecule has 0 bridgehead atoms. The van der Waals surface area contributed by atoms with Crippen LogP contribution in [0.1, 0.15) is 5.56 Å². The molecule has 0 unspecified atom stereocenters. The minimum Gasteiger partial charge on any atom is -0.489 e. The summed E-state index contributed by atoms with van der Waals surface area (Å²) in [7, 11) is -4.41. The molecule has 2 aliphatic heterocycles. The average Bonchev–Trinajstić information content (AvgIpc) is 3.11. The van der Waals surface area contributed by atoms with Gasteiger partial charge in [-0.1, -0.05) is 24.3 Å². The number of alkyl halides is 5. The molecular formula is C22H14F5NO5S. The first-order valence-electron chi connectivity index (χ1n) is 9.82. The Kier molecular flexibility index (Phi) is 4.90. The van der Waals surface area contributed by atoms with E-state index >= 15 is 0 Å². The Morgan fingerprint density at radius 1 is 0.912 bits per heavy atom. The van der Waals surface area contributed by atoms with Crippen molar-refractivity contribution in [3.05, 3.63) is 66.2 Å². The highest BCUT2D eigenvalue weighted by Gasteiger charge is 2.44. The second-order valence-corrected chi connectivity index (χ2v) is 9.30. The van der Waals surface area contributed by atoms with E-state index < -0.39 is 33.0 Å². The molecule has 6 nitrogen and oxygen atoms in total. The van der Waals surface area contributed by atoms with Gasteiger partial charge in [0, 0.05) is 5.56 Å². The van der Waals surface area contributed by atoms with Crippen LogP contribution in [-0.4, -0.2) is 27.9 Å². The van der Waals surface area contributed by atoms with Gasteiger partial charge in [-0.15, -0.1) is 8.78 Å². The largest absolute Gasteiger partial charge is 0.586 e. The van der Waals surface area contributed by atoms with E-state index in [1.807, 2.05) is 0 Å². The van der Waals surface area contributed by atoms with Gasteiger partial charge in [0.1, 0.15) is 12.4 Å². The highest BCUT2D eigenvalue weighted by molar-refractivity contribution is 7.92. The van der Waals surface area contributed by atoms with Crippen LogP contribution in [0.4, 0.5) is 27.6 Å². The van der Waals surface area contributed by atoms with Crippen molar-refractivity contribution in [2.24, 2.45) is 0 Å². The molecule has 5 rings (SSSR count). The van der Waals surface area contributed by atoms with Gasteiger partial charge in [0.25, 0.3) is 10.0 Å². The monoisotopic (exact) mass is 499 g/mol. The summed E-state index contributed by atoms with van der Waals surface area (Å²) in [6.45, 7) is -0.200. The summed E-state index contributed by atoms with van der Waals surface area (Å²) in [5.74, 6) is -0.248. The third kappa shape index (κ3) is 3.77. The lowest BCUT2D eigenvalue weighted by atomic mass is 10.0. The standard InChI is InChI=1S/C22H14F5NO5S/c23-21(24,25)14-3-1-4-15(12-14)34(29,30)28-9-10-31-18-8-7-13(11-17(18)28)16-5-2-6-19-20(16)33-22(26,27)32-19/h1-8,11-12H,9-10H2. The number of ether oxygens (including phenoxy) is 3. The predicted octanol–water partition coefficient (Wildman–Crippen LogP) is 5.28. The van der Waals surface area contributed by atoms with Crippen LogP contribution in [0, 0.1) is 0 Å². The van der Waals surface area contributed by atoms with Crippen molar-refractivity contribution in [2.75, 3.05) is 17.5 Å². The maximum Gasteiger partial charge on any atom is 0.586 e. The quantitative estimate of drug-likeness (QED) is 0.459. The first-order chi connectivity index (χ1) is 16.0. The highest BCUT2D eigenvalue weighted by atomic mass is 32.2. The zero-order valence-electron chi connectivity index (χ0n) is 17.0. The first kappa shape index (κ1) is 22.3. The van der Waals surface area contributed by atoms with Crippen LogP contribution >= 0.6 is 0 Å². The van der Waals surface area contributed by atoms with Gasteiger partial charge in [0.05, 0.1) is 22.7 Å². The van der Waals surface area contributed by atoms with E-state index in [0.29, 0.717) is 11.6 Å². The van der Waals surface area contributed by atoms with E-state index in [1.165, 1.54) is 36.4 Å². The van der Waals surface area contributed by atoms with Crippen molar-refractivity contribution in [3.8, 4) is 28.4 Å². The number of halogens is 5. The Balaban J connectivity index is 1.59. The maximum atomic E-state index is 13.6. The van der Waals surface area contributed by atoms with E-state index in [9.17, 15) is 30.4 Å². The Morgan fingerprint density at radius 2 is 1.68 bits per heavy atom. The predicted molar refractivity (Wildman–Crippen MR) is 110 cm³/mol. The van der Waals surface area contributed by atoms with E-state index in [1.54, 1.807) is 0 Å². The fourth-order valence-corrected chi connectivity index (χ4v) is 5.26. The van der Waals surface area contributed by atoms with Gasteiger partial charge in [-0.3, -0.25) is 4.31 Å². The van der Waals surface area contributed by atoms with E-state index in [-0.39, 0.29) is 41.7 Å². The van der Waals surface area contributed by atoms with Crippen LogP contribution in [-0.2, 0) is 16.2 Å². The number of hydrogen-bond donors (Lipinski definition) is 0. The fourth-order valence-electron chi connectivity index (χ4n) is 3.77. The number of para-hydroxylation sites is 1. The Labute approximate surface area is 190 Å². The van der Waals surface area contributed by atoms with Crippen molar-refractivity contribution in [1.82, 2.24) is 0 Å². The van der Waals surface area contributed by atoms with Crippen LogP contribution in [0.5, 0.6) is 17.2 Å². The number of anilines is 1. The number of nitrogens with zero attached hydrogens (tertiary/aromatic N) is 1. The summed E-state index contributed by atoms with van der Waals surface area (Å²) in [6, 6.07) is 12.0. The number of benzene rings is 3. The first-order valence-corrected chi connectivity index (χ1v) is 11.3. The molecule has 12 heteroatoms. The van der Waals surface area contributed by atoms with Crippen LogP contribution in [0.15, 0.2) is 65.6 Å². The molecule has 3 aromatic carbocycles. The minimum atomic E-state index is -4.72. The van der Waals surface area contributed by atoms with Crippen molar-refractivity contribution in [2.45, 2.75) is 17.4 Å². The summed E-state index contributed by atoms with van der Waals surface area (Å²) in [4.78, 5) is -0.544. The lowest BCUT2D eigenvalue weighted by molar-refractivity contribution is -0.286. The molecule has 3 aromatic rings.